The predicted molar refractivity (Wildman–Crippen MR) is 113 cm³/mol. The van der Waals surface area contributed by atoms with E-state index in [1.807, 2.05) is 16.7 Å². The molecule has 0 saturated carbocycles. The second-order valence-corrected chi connectivity index (χ2v) is 9.72. The van der Waals surface area contributed by atoms with Gasteiger partial charge in [-0.15, -0.1) is 24.0 Å². The van der Waals surface area contributed by atoms with Gasteiger partial charge in [-0.1, -0.05) is 0 Å². The fourth-order valence-electron chi connectivity index (χ4n) is 2.98. The van der Waals surface area contributed by atoms with E-state index < -0.39 is 14.6 Å². The van der Waals surface area contributed by atoms with Gasteiger partial charge in [-0.3, -0.25) is 9.79 Å². The smallest absolute Gasteiger partial charge is 0.224 e. The lowest BCUT2D eigenvalue weighted by atomic mass is 10.2. The fourth-order valence-corrected chi connectivity index (χ4v) is 4.34. The Morgan fingerprint density at radius 1 is 1.19 bits per heavy atom. The van der Waals surface area contributed by atoms with Crippen LogP contribution in [0.3, 0.4) is 0 Å². The van der Waals surface area contributed by atoms with Crippen molar-refractivity contribution in [1.82, 2.24) is 15.1 Å². The van der Waals surface area contributed by atoms with E-state index in [4.69, 9.17) is 4.74 Å². The van der Waals surface area contributed by atoms with Gasteiger partial charge < -0.3 is 19.9 Å². The summed E-state index contributed by atoms with van der Waals surface area (Å²) in [4.78, 5) is 20.5. The molecule has 2 aliphatic heterocycles. The Morgan fingerprint density at radius 2 is 1.85 bits per heavy atom. The molecule has 152 valence electrons. The SMILES string of the molecule is CCNC(=NCCC(=O)N1CCOCC1)N1CCS(=O)(=O)C(C)(C)C1.I. The predicted octanol–water partition coefficient (Wildman–Crippen LogP) is 0.328. The first-order valence-corrected chi connectivity index (χ1v) is 10.5. The molecule has 0 aliphatic carbocycles. The summed E-state index contributed by atoms with van der Waals surface area (Å²) >= 11 is 0. The zero-order valence-electron chi connectivity index (χ0n) is 15.9. The van der Waals surface area contributed by atoms with Crippen molar-refractivity contribution in [3.63, 3.8) is 0 Å². The molecular formula is C16H31IN4O4S. The molecule has 0 unspecified atom stereocenters. The molecular weight excluding hydrogens is 471 g/mol. The summed E-state index contributed by atoms with van der Waals surface area (Å²) in [6.45, 7) is 9.85. The van der Waals surface area contributed by atoms with Crippen LogP contribution in [0.4, 0.5) is 0 Å². The van der Waals surface area contributed by atoms with Crippen LogP contribution in [0, 0.1) is 0 Å². The van der Waals surface area contributed by atoms with E-state index >= 15 is 0 Å². The first kappa shape index (κ1) is 23.4. The second kappa shape index (κ2) is 10.1. The molecule has 0 aromatic carbocycles. The van der Waals surface area contributed by atoms with Crippen LogP contribution in [0.1, 0.15) is 27.2 Å². The molecule has 0 aromatic heterocycles. The molecule has 1 amide bonds. The number of nitrogens with zero attached hydrogens (tertiary/aromatic N) is 3. The lowest BCUT2D eigenvalue weighted by molar-refractivity contribution is -0.135. The first-order chi connectivity index (χ1) is 11.8. The van der Waals surface area contributed by atoms with Crippen molar-refractivity contribution in [2.75, 3.05) is 58.2 Å². The Labute approximate surface area is 173 Å². The average molecular weight is 502 g/mol. The molecule has 2 saturated heterocycles. The maximum atomic E-state index is 12.2. The normalized spacial score (nSPS) is 22.5. The summed E-state index contributed by atoms with van der Waals surface area (Å²) in [5.41, 5.74) is 0. The van der Waals surface area contributed by atoms with Gasteiger partial charge in [0.25, 0.3) is 0 Å². The number of halogens is 1. The molecule has 0 bridgehead atoms. The third-order valence-electron chi connectivity index (χ3n) is 4.63. The molecule has 2 rings (SSSR count). The Bertz CT molecular complexity index is 603. The van der Waals surface area contributed by atoms with Crippen LogP contribution in [0.15, 0.2) is 4.99 Å². The molecule has 0 aromatic rings. The van der Waals surface area contributed by atoms with Gasteiger partial charge in [-0.05, 0) is 20.8 Å². The topological polar surface area (TPSA) is 91.3 Å². The summed E-state index contributed by atoms with van der Waals surface area (Å²) in [6, 6.07) is 0. The maximum Gasteiger partial charge on any atom is 0.224 e. The number of rotatable bonds is 4. The van der Waals surface area contributed by atoms with E-state index in [-0.39, 0.29) is 35.6 Å². The van der Waals surface area contributed by atoms with E-state index in [1.54, 1.807) is 13.8 Å². The molecule has 8 nitrogen and oxygen atoms in total. The Hall–Kier alpha value is -0.620. The maximum absolute atomic E-state index is 12.2. The highest BCUT2D eigenvalue weighted by Gasteiger charge is 2.40. The summed E-state index contributed by atoms with van der Waals surface area (Å²) in [5.74, 6) is 0.890. The molecule has 10 heteroatoms. The Balaban J connectivity index is 0.00000338. The highest BCUT2D eigenvalue weighted by molar-refractivity contribution is 14.0. The van der Waals surface area contributed by atoms with Crippen molar-refractivity contribution >= 4 is 45.7 Å². The van der Waals surface area contributed by atoms with Crippen LogP contribution in [0.5, 0.6) is 0 Å². The third-order valence-corrected chi connectivity index (χ3v) is 7.16. The van der Waals surface area contributed by atoms with Crippen LogP contribution in [-0.2, 0) is 19.4 Å². The van der Waals surface area contributed by atoms with Crippen LogP contribution in [0.2, 0.25) is 0 Å². The number of guanidine groups is 1. The van der Waals surface area contributed by atoms with Gasteiger partial charge in [0.05, 0.1) is 30.3 Å². The van der Waals surface area contributed by atoms with Crippen LogP contribution in [-0.4, -0.2) is 93.1 Å². The van der Waals surface area contributed by atoms with Crippen LogP contribution >= 0.6 is 24.0 Å². The van der Waals surface area contributed by atoms with Crippen molar-refractivity contribution < 1.29 is 17.9 Å². The highest BCUT2D eigenvalue weighted by atomic mass is 127. The molecule has 1 N–H and O–H groups in total. The minimum absolute atomic E-state index is 0. The van der Waals surface area contributed by atoms with E-state index in [0.717, 1.165) is 0 Å². The highest BCUT2D eigenvalue weighted by Crippen LogP contribution is 2.23. The number of amides is 1. The van der Waals surface area contributed by atoms with Gasteiger partial charge in [-0.2, -0.15) is 0 Å². The van der Waals surface area contributed by atoms with E-state index in [0.29, 0.717) is 64.9 Å². The van der Waals surface area contributed by atoms with E-state index in [2.05, 4.69) is 10.3 Å². The third kappa shape index (κ3) is 5.95. The van der Waals surface area contributed by atoms with Crippen LogP contribution in [0.25, 0.3) is 0 Å². The van der Waals surface area contributed by atoms with Gasteiger partial charge in [-0.25, -0.2) is 8.42 Å². The second-order valence-electron chi connectivity index (χ2n) is 6.98. The lowest BCUT2D eigenvalue weighted by Gasteiger charge is -2.39. The van der Waals surface area contributed by atoms with E-state index in [9.17, 15) is 13.2 Å². The number of aliphatic imine (C=N–C) groups is 1. The van der Waals surface area contributed by atoms with Crippen LogP contribution < -0.4 is 5.32 Å². The number of hydrogen-bond donors (Lipinski definition) is 1. The lowest BCUT2D eigenvalue weighted by Crippen LogP contribution is -2.57. The van der Waals surface area contributed by atoms with Gasteiger partial charge >= 0.3 is 0 Å². The number of sulfone groups is 1. The first-order valence-electron chi connectivity index (χ1n) is 8.88. The summed E-state index contributed by atoms with van der Waals surface area (Å²) in [7, 11) is -3.09. The molecule has 0 spiro atoms. The van der Waals surface area contributed by atoms with Gasteiger partial charge in [0.15, 0.2) is 15.8 Å². The average Bonchev–Trinajstić information content (AvgIpc) is 2.57. The minimum atomic E-state index is -3.09. The number of carbonyl (C=O) groups excluding carboxylic acids is 1. The zero-order valence-corrected chi connectivity index (χ0v) is 19.0. The Morgan fingerprint density at radius 3 is 2.42 bits per heavy atom. The standard InChI is InChI=1S/C16H30N4O4S.HI/c1-4-17-15(20-9-12-25(22,23)16(2,3)13-20)18-6-5-14(21)19-7-10-24-11-8-19;/h4-13H2,1-3H3,(H,17,18);1H. The molecule has 2 heterocycles. The Kier molecular flexibility index (Phi) is 9.07. The molecule has 2 aliphatic rings. The van der Waals surface area contributed by atoms with Crippen molar-refractivity contribution in [3.05, 3.63) is 0 Å². The number of hydrogen-bond acceptors (Lipinski definition) is 5. The summed E-state index contributed by atoms with van der Waals surface area (Å²) in [6.07, 6.45) is 0.352. The summed E-state index contributed by atoms with van der Waals surface area (Å²) in [5, 5.41) is 3.21. The minimum Gasteiger partial charge on any atom is -0.378 e. The number of ether oxygens (including phenoxy) is 1. The van der Waals surface area contributed by atoms with E-state index in [1.165, 1.54) is 0 Å². The molecule has 0 radical (unpaired) electrons. The molecule has 26 heavy (non-hydrogen) atoms. The number of nitrogens with one attached hydrogen (secondary N) is 1. The largest absolute Gasteiger partial charge is 0.378 e. The zero-order chi connectivity index (χ0) is 18.5. The quantitative estimate of drug-likeness (QED) is 0.339. The molecule has 0 atom stereocenters. The van der Waals surface area contributed by atoms with Gasteiger partial charge in [0, 0.05) is 39.1 Å². The van der Waals surface area contributed by atoms with Gasteiger partial charge in [0.1, 0.15) is 0 Å². The molecule has 2 fully saturated rings. The van der Waals surface area contributed by atoms with Crippen molar-refractivity contribution in [2.45, 2.75) is 31.9 Å². The summed E-state index contributed by atoms with van der Waals surface area (Å²) < 4.78 is 28.8. The van der Waals surface area contributed by atoms with Crippen molar-refractivity contribution in [2.24, 2.45) is 4.99 Å². The van der Waals surface area contributed by atoms with Crippen molar-refractivity contribution in [1.29, 1.82) is 0 Å². The number of morpholine rings is 1. The van der Waals surface area contributed by atoms with Crippen molar-refractivity contribution in [3.8, 4) is 0 Å². The fraction of sp³-hybridized carbons (Fsp3) is 0.875. The monoisotopic (exact) mass is 502 g/mol. The number of carbonyl (C=O) groups is 1. The van der Waals surface area contributed by atoms with Gasteiger partial charge in [0.2, 0.25) is 5.91 Å².